The van der Waals surface area contributed by atoms with Gasteiger partial charge in [-0.25, -0.2) is 4.68 Å². The van der Waals surface area contributed by atoms with Gasteiger partial charge in [0, 0.05) is 29.8 Å². The Morgan fingerprint density at radius 3 is 2.57 bits per heavy atom. The molecule has 0 atom stereocenters. The fraction of sp³-hybridized carbons (Fsp3) is 0.208. The molecule has 0 aliphatic carbocycles. The van der Waals surface area contributed by atoms with Gasteiger partial charge in [0.25, 0.3) is 5.56 Å². The van der Waals surface area contributed by atoms with E-state index in [2.05, 4.69) is 28.8 Å². The number of rotatable bonds is 6. The number of hydrogen-bond acceptors (Lipinski definition) is 3. The van der Waals surface area contributed by atoms with Crippen LogP contribution in [0.3, 0.4) is 0 Å². The Labute approximate surface area is 174 Å². The third kappa shape index (κ3) is 4.17. The molecular formula is C24H24N4O2. The van der Waals surface area contributed by atoms with E-state index in [0.717, 1.165) is 28.7 Å². The molecule has 0 radical (unpaired) electrons. The van der Waals surface area contributed by atoms with Crippen LogP contribution >= 0.6 is 0 Å². The molecule has 152 valence electrons. The number of fused-ring (bicyclic) bond motifs is 1. The molecule has 4 aromatic rings. The smallest absolute Gasteiger partial charge is 0.267 e. The SMILES string of the molecule is CC(C)Cn1ccc2c(NC(=O)Cn3nc(-c4ccccc4)ccc3=O)cccc21. The second kappa shape index (κ2) is 8.37. The van der Waals surface area contributed by atoms with E-state index in [1.165, 1.54) is 10.7 Å². The number of benzene rings is 2. The van der Waals surface area contributed by atoms with Crippen molar-refractivity contribution in [3.05, 3.63) is 83.3 Å². The van der Waals surface area contributed by atoms with Crippen molar-refractivity contribution >= 4 is 22.5 Å². The normalized spacial score (nSPS) is 11.2. The number of anilines is 1. The maximum atomic E-state index is 12.7. The first kappa shape index (κ1) is 19.6. The number of amides is 1. The van der Waals surface area contributed by atoms with Crippen molar-refractivity contribution in [2.24, 2.45) is 5.92 Å². The van der Waals surface area contributed by atoms with Crippen molar-refractivity contribution in [1.82, 2.24) is 14.3 Å². The summed E-state index contributed by atoms with van der Waals surface area (Å²) in [6, 6.07) is 20.5. The molecule has 0 aliphatic heterocycles. The first-order valence-corrected chi connectivity index (χ1v) is 10.0. The number of carbonyl (C=O) groups is 1. The summed E-state index contributed by atoms with van der Waals surface area (Å²) in [5.74, 6) is 0.229. The van der Waals surface area contributed by atoms with E-state index < -0.39 is 0 Å². The van der Waals surface area contributed by atoms with Crippen molar-refractivity contribution < 1.29 is 4.79 Å². The number of nitrogens with zero attached hydrogens (tertiary/aromatic N) is 3. The molecule has 0 aliphatic rings. The van der Waals surface area contributed by atoms with E-state index in [4.69, 9.17) is 0 Å². The highest BCUT2D eigenvalue weighted by molar-refractivity contribution is 6.01. The standard InChI is InChI=1S/C24H24N4O2/c1-17(2)15-27-14-13-19-21(9-6-10-22(19)27)25-23(29)16-28-24(30)12-11-20(26-28)18-7-4-3-5-8-18/h3-14,17H,15-16H2,1-2H3,(H,25,29). The predicted molar refractivity (Wildman–Crippen MR) is 119 cm³/mol. The molecule has 6 heteroatoms. The molecule has 0 unspecified atom stereocenters. The Kier molecular flexibility index (Phi) is 5.48. The molecule has 1 N–H and O–H groups in total. The molecule has 30 heavy (non-hydrogen) atoms. The van der Waals surface area contributed by atoms with E-state index in [1.807, 2.05) is 60.8 Å². The van der Waals surface area contributed by atoms with Crippen molar-refractivity contribution in [2.45, 2.75) is 26.9 Å². The monoisotopic (exact) mass is 400 g/mol. The highest BCUT2D eigenvalue weighted by Crippen LogP contribution is 2.25. The number of carbonyl (C=O) groups excluding carboxylic acids is 1. The Balaban J connectivity index is 1.56. The Morgan fingerprint density at radius 2 is 1.80 bits per heavy atom. The Morgan fingerprint density at radius 1 is 1.00 bits per heavy atom. The highest BCUT2D eigenvalue weighted by atomic mass is 16.2. The van der Waals surface area contributed by atoms with Gasteiger partial charge in [-0.15, -0.1) is 0 Å². The molecule has 0 fully saturated rings. The van der Waals surface area contributed by atoms with Crippen molar-refractivity contribution in [3.8, 4) is 11.3 Å². The first-order chi connectivity index (χ1) is 14.5. The van der Waals surface area contributed by atoms with Crippen molar-refractivity contribution in [3.63, 3.8) is 0 Å². The van der Waals surface area contributed by atoms with E-state index >= 15 is 0 Å². The minimum absolute atomic E-state index is 0.150. The lowest BCUT2D eigenvalue weighted by Crippen LogP contribution is -2.29. The topological polar surface area (TPSA) is 68.9 Å². The largest absolute Gasteiger partial charge is 0.347 e. The lowest BCUT2D eigenvalue weighted by atomic mass is 10.1. The van der Waals surface area contributed by atoms with Crippen LogP contribution in [0.25, 0.3) is 22.2 Å². The van der Waals surface area contributed by atoms with Crippen LogP contribution in [0, 0.1) is 5.92 Å². The third-order valence-electron chi connectivity index (χ3n) is 4.88. The summed E-state index contributed by atoms with van der Waals surface area (Å²) < 4.78 is 3.38. The van der Waals surface area contributed by atoms with E-state index in [9.17, 15) is 9.59 Å². The van der Waals surface area contributed by atoms with Gasteiger partial charge in [0.15, 0.2) is 0 Å². The molecule has 0 spiro atoms. The van der Waals surface area contributed by atoms with Crippen molar-refractivity contribution in [2.75, 3.05) is 5.32 Å². The molecule has 2 heterocycles. The lowest BCUT2D eigenvalue weighted by Gasteiger charge is -2.11. The zero-order valence-corrected chi connectivity index (χ0v) is 17.1. The second-order valence-electron chi connectivity index (χ2n) is 7.73. The van der Waals surface area contributed by atoms with Crippen LogP contribution in [0.2, 0.25) is 0 Å². The summed E-state index contributed by atoms with van der Waals surface area (Å²) in [5.41, 5.74) is 3.03. The van der Waals surface area contributed by atoms with E-state index in [1.54, 1.807) is 6.07 Å². The van der Waals surface area contributed by atoms with Crippen LogP contribution in [-0.2, 0) is 17.9 Å². The zero-order chi connectivity index (χ0) is 21.1. The maximum absolute atomic E-state index is 12.7. The second-order valence-corrected chi connectivity index (χ2v) is 7.73. The van der Waals surface area contributed by atoms with Gasteiger partial charge < -0.3 is 9.88 Å². The van der Waals surface area contributed by atoms with Gasteiger partial charge in [-0.1, -0.05) is 50.2 Å². The third-order valence-corrected chi connectivity index (χ3v) is 4.88. The van der Waals surface area contributed by atoms with E-state index in [0.29, 0.717) is 11.6 Å². The molecule has 0 bridgehead atoms. The van der Waals surface area contributed by atoms with Crippen molar-refractivity contribution in [1.29, 1.82) is 0 Å². The first-order valence-electron chi connectivity index (χ1n) is 10.0. The fourth-order valence-corrected chi connectivity index (χ4v) is 3.54. The minimum Gasteiger partial charge on any atom is -0.347 e. The predicted octanol–water partition coefficient (Wildman–Crippen LogP) is 4.16. The van der Waals surface area contributed by atoms with Crippen LogP contribution in [0.15, 0.2) is 77.7 Å². The molecule has 0 saturated heterocycles. The molecule has 6 nitrogen and oxygen atoms in total. The quantitative estimate of drug-likeness (QED) is 0.528. The Hall–Kier alpha value is -3.67. The summed E-state index contributed by atoms with van der Waals surface area (Å²) in [6.45, 7) is 5.10. The Bertz CT molecular complexity index is 1240. The van der Waals surface area contributed by atoms with Crippen LogP contribution < -0.4 is 10.9 Å². The van der Waals surface area contributed by atoms with Gasteiger partial charge in [0.2, 0.25) is 5.91 Å². The fourth-order valence-electron chi connectivity index (χ4n) is 3.54. The van der Waals surface area contributed by atoms with E-state index in [-0.39, 0.29) is 18.0 Å². The zero-order valence-electron chi connectivity index (χ0n) is 17.1. The van der Waals surface area contributed by atoms with Gasteiger partial charge >= 0.3 is 0 Å². The molecule has 1 amide bonds. The summed E-state index contributed by atoms with van der Waals surface area (Å²) >= 11 is 0. The summed E-state index contributed by atoms with van der Waals surface area (Å²) in [5, 5.41) is 8.27. The van der Waals surface area contributed by atoms with Gasteiger partial charge in [-0.05, 0) is 30.2 Å². The molecule has 4 rings (SSSR count). The van der Waals surface area contributed by atoms with Gasteiger partial charge in [-0.3, -0.25) is 9.59 Å². The molecular weight excluding hydrogens is 376 g/mol. The molecule has 0 saturated carbocycles. The molecule has 2 aromatic carbocycles. The number of nitrogens with one attached hydrogen (secondary N) is 1. The summed E-state index contributed by atoms with van der Waals surface area (Å²) in [6.07, 6.45) is 2.04. The highest BCUT2D eigenvalue weighted by Gasteiger charge is 2.12. The van der Waals surface area contributed by atoms with Gasteiger partial charge in [0.1, 0.15) is 6.54 Å². The lowest BCUT2D eigenvalue weighted by molar-refractivity contribution is -0.117. The average molecular weight is 400 g/mol. The van der Waals surface area contributed by atoms with Crippen LogP contribution in [0.5, 0.6) is 0 Å². The van der Waals surface area contributed by atoms with Crippen LogP contribution in [0.4, 0.5) is 5.69 Å². The minimum atomic E-state index is -0.314. The van der Waals surface area contributed by atoms with Gasteiger partial charge in [-0.2, -0.15) is 5.10 Å². The number of aromatic nitrogens is 3. The van der Waals surface area contributed by atoms with Gasteiger partial charge in [0.05, 0.1) is 16.9 Å². The summed E-state index contributed by atoms with van der Waals surface area (Å²) in [7, 11) is 0. The molecule has 2 aromatic heterocycles. The average Bonchev–Trinajstić information content (AvgIpc) is 3.13. The summed E-state index contributed by atoms with van der Waals surface area (Å²) in [4.78, 5) is 24.9. The van der Waals surface area contributed by atoms with Crippen LogP contribution in [0.1, 0.15) is 13.8 Å². The van der Waals surface area contributed by atoms with Crippen LogP contribution in [-0.4, -0.2) is 20.3 Å². The maximum Gasteiger partial charge on any atom is 0.267 e. The number of hydrogen-bond donors (Lipinski definition) is 1.